The van der Waals surface area contributed by atoms with E-state index >= 15 is 0 Å². The van der Waals surface area contributed by atoms with Gasteiger partial charge in [0.1, 0.15) is 4.90 Å². The molecule has 21 heavy (non-hydrogen) atoms. The van der Waals surface area contributed by atoms with Crippen molar-refractivity contribution in [1.82, 2.24) is 5.32 Å². The Bertz CT molecular complexity index is 692. The van der Waals surface area contributed by atoms with Crippen LogP contribution in [0.15, 0.2) is 17.0 Å². The maximum Gasteiger partial charge on any atom is 0.318 e. The summed E-state index contributed by atoms with van der Waals surface area (Å²) < 4.78 is 53.9. The summed E-state index contributed by atoms with van der Waals surface area (Å²) in [4.78, 5) is 20.7. The van der Waals surface area contributed by atoms with Crippen LogP contribution in [-0.4, -0.2) is 26.5 Å². The number of primary amides is 1. The number of hydrogen-bond acceptors (Lipinski definition) is 5. The second-order valence-corrected chi connectivity index (χ2v) is 5.38. The summed E-state index contributed by atoms with van der Waals surface area (Å²) >= 11 is 0. The molecule has 3 amide bonds. The average Bonchev–Trinajstić information content (AvgIpc) is 2.32. The van der Waals surface area contributed by atoms with Crippen molar-refractivity contribution in [2.45, 2.75) is 17.9 Å². The molecule has 116 valence electrons. The van der Waals surface area contributed by atoms with Gasteiger partial charge in [-0.05, 0) is 19.1 Å². The van der Waals surface area contributed by atoms with Crippen molar-refractivity contribution in [2.24, 2.45) is 10.9 Å². The third-order valence-electron chi connectivity index (χ3n) is 2.24. The molecule has 1 atom stereocenters. The van der Waals surface area contributed by atoms with Gasteiger partial charge in [-0.25, -0.2) is 22.7 Å². The van der Waals surface area contributed by atoms with E-state index in [0.29, 0.717) is 6.07 Å². The Hall–Kier alpha value is -2.27. The van der Waals surface area contributed by atoms with Gasteiger partial charge in [0.05, 0.1) is 0 Å². The van der Waals surface area contributed by atoms with E-state index in [1.54, 1.807) is 5.32 Å². The predicted octanol–water partition coefficient (Wildman–Crippen LogP) is -0.426. The zero-order chi connectivity index (χ0) is 16.4. The van der Waals surface area contributed by atoms with E-state index in [0.717, 1.165) is 13.0 Å². The highest BCUT2D eigenvalue weighted by Gasteiger charge is 2.24. The second kappa shape index (κ2) is 6.01. The summed E-state index contributed by atoms with van der Waals surface area (Å²) in [6.07, 6.45) is -1.38. The van der Waals surface area contributed by atoms with Gasteiger partial charge in [-0.2, -0.15) is 4.39 Å². The number of nitrogens with one attached hydrogen (secondary N) is 1. The van der Waals surface area contributed by atoms with Crippen LogP contribution in [-0.2, 0) is 14.8 Å². The SMILES string of the molecule is CC(Oc1ccc(S(N)(=O)=O)c(F)c1F)C(=O)NC(N)=O. The van der Waals surface area contributed by atoms with Gasteiger partial charge in [-0.15, -0.1) is 0 Å². The smallest absolute Gasteiger partial charge is 0.318 e. The number of carbonyl (C=O) groups excluding carboxylic acids is 2. The topological polar surface area (TPSA) is 142 Å². The van der Waals surface area contributed by atoms with Crippen LogP contribution < -0.4 is 20.9 Å². The van der Waals surface area contributed by atoms with E-state index < -0.39 is 50.3 Å². The van der Waals surface area contributed by atoms with Crippen molar-refractivity contribution in [2.75, 3.05) is 0 Å². The van der Waals surface area contributed by atoms with Gasteiger partial charge in [0.15, 0.2) is 17.7 Å². The Kier molecular flexibility index (Phi) is 4.80. The summed E-state index contributed by atoms with van der Waals surface area (Å²) in [5.41, 5.74) is 4.71. The number of benzene rings is 1. The standard InChI is InChI=1S/C10H11F2N3O5S/c1-4(9(16)15-10(13)17)20-5-2-3-6(21(14,18)19)8(12)7(5)11/h2-4H,1H3,(H2,14,18,19)(H3,13,15,16,17). The summed E-state index contributed by atoms with van der Waals surface area (Å²) in [6.45, 7) is 1.14. The van der Waals surface area contributed by atoms with Crippen molar-refractivity contribution < 1.29 is 31.5 Å². The number of rotatable bonds is 4. The van der Waals surface area contributed by atoms with Crippen LogP contribution in [0.5, 0.6) is 5.75 Å². The number of amides is 3. The van der Waals surface area contributed by atoms with E-state index in [1.165, 1.54) is 0 Å². The molecule has 0 fully saturated rings. The molecule has 0 spiro atoms. The van der Waals surface area contributed by atoms with Crippen molar-refractivity contribution in [3.8, 4) is 5.75 Å². The molecule has 0 heterocycles. The minimum atomic E-state index is -4.44. The molecule has 0 aromatic heterocycles. The molecule has 1 aromatic rings. The number of imide groups is 1. The van der Waals surface area contributed by atoms with Gasteiger partial charge in [0.25, 0.3) is 5.91 Å². The molecule has 1 aromatic carbocycles. The van der Waals surface area contributed by atoms with E-state index in [-0.39, 0.29) is 0 Å². The maximum atomic E-state index is 13.6. The molecule has 0 radical (unpaired) electrons. The third-order valence-corrected chi connectivity index (χ3v) is 3.17. The lowest BCUT2D eigenvalue weighted by molar-refractivity contribution is -0.126. The number of urea groups is 1. The van der Waals surface area contributed by atoms with Crippen LogP contribution in [0, 0.1) is 11.6 Å². The lowest BCUT2D eigenvalue weighted by Crippen LogP contribution is -2.42. The van der Waals surface area contributed by atoms with E-state index in [2.05, 4.69) is 0 Å². The Balaban J connectivity index is 3.04. The first kappa shape index (κ1) is 16.8. The molecule has 5 N–H and O–H groups in total. The largest absolute Gasteiger partial charge is 0.478 e. The zero-order valence-corrected chi connectivity index (χ0v) is 11.4. The van der Waals surface area contributed by atoms with Gasteiger partial charge in [0, 0.05) is 0 Å². The molecule has 0 aliphatic carbocycles. The summed E-state index contributed by atoms with van der Waals surface area (Å²) in [5, 5.41) is 6.37. The van der Waals surface area contributed by atoms with Crippen LogP contribution in [0.25, 0.3) is 0 Å². The van der Waals surface area contributed by atoms with Gasteiger partial charge in [0.2, 0.25) is 15.8 Å². The van der Waals surface area contributed by atoms with Crippen molar-refractivity contribution >= 4 is 22.0 Å². The van der Waals surface area contributed by atoms with Crippen molar-refractivity contribution in [3.05, 3.63) is 23.8 Å². The van der Waals surface area contributed by atoms with Crippen LogP contribution in [0.3, 0.4) is 0 Å². The predicted molar refractivity (Wildman–Crippen MR) is 65.5 cm³/mol. The Morgan fingerprint density at radius 1 is 1.29 bits per heavy atom. The van der Waals surface area contributed by atoms with Gasteiger partial charge in [-0.1, -0.05) is 0 Å². The quantitative estimate of drug-likeness (QED) is 0.689. The number of nitrogens with two attached hydrogens (primary N) is 2. The number of ether oxygens (including phenoxy) is 1. The highest BCUT2D eigenvalue weighted by Crippen LogP contribution is 2.25. The van der Waals surface area contributed by atoms with E-state index in [9.17, 15) is 26.8 Å². The molecule has 0 saturated carbocycles. The third kappa shape index (κ3) is 4.10. The number of primary sulfonamides is 1. The molecule has 8 nitrogen and oxygen atoms in total. The van der Waals surface area contributed by atoms with Crippen molar-refractivity contribution in [1.29, 1.82) is 0 Å². The highest BCUT2D eigenvalue weighted by atomic mass is 32.2. The van der Waals surface area contributed by atoms with E-state index in [4.69, 9.17) is 15.6 Å². The lowest BCUT2D eigenvalue weighted by atomic mass is 10.3. The van der Waals surface area contributed by atoms with Gasteiger partial charge < -0.3 is 10.5 Å². The van der Waals surface area contributed by atoms with Crippen LogP contribution in [0.2, 0.25) is 0 Å². The molecule has 0 bridgehead atoms. The molecule has 1 rings (SSSR count). The number of halogens is 2. The molecular weight excluding hydrogens is 312 g/mol. The van der Waals surface area contributed by atoms with Gasteiger partial charge in [-0.3, -0.25) is 10.1 Å². The molecule has 1 unspecified atom stereocenters. The van der Waals surface area contributed by atoms with Gasteiger partial charge >= 0.3 is 6.03 Å². The minimum Gasteiger partial charge on any atom is -0.478 e. The average molecular weight is 323 g/mol. The fraction of sp³-hybridized carbons (Fsp3) is 0.200. The Morgan fingerprint density at radius 3 is 2.33 bits per heavy atom. The lowest BCUT2D eigenvalue weighted by Gasteiger charge is -2.14. The highest BCUT2D eigenvalue weighted by molar-refractivity contribution is 7.89. The zero-order valence-electron chi connectivity index (χ0n) is 10.6. The Morgan fingerprint density at radius 2 is 1.86 bits per heavy atom. The van der Waals surface area contributed by atoms with E-state index in [1.807, 2.05) is 0 Å². The first-order chi connectivity index (χ1) is 9.54. The maximum absolute atomic E-state index is 13.6. The fourth-order valence-corrected chi connectivity index (χ4v) is 1.89. The molecular formula is C10H11F2N3O5S. The fourth-order valence-electron chi connectivity index (χ4n) is 1.29. The van der Waals surface area contributed by atoms with Crippen molar-refractivity contribution in [3.63, 3.8) is 0 Å². The normalized spacial score (nSPS) is 12.6. The summed E-state index contributed by atoms with van der Waals surface area (Å²) in [5.74, 6) is -5.09. The monoisotopic (exact) mass is 323 g/mol. The number of carbonyl (C=O) groups is 2. The summed E-state index contributed by atoms with van der Waals surface area (Å²) in [6, 6.07) is 0.320. The van der Waals surface area contributed by atoms with Crippen LogP contribution in [0.4, 0.5) is 13.6 Å². The minimum absolute atomic E-state index is 0.682. The molecule has 11 heteroatoms. The molecule has 0 saturated heterocycles. The molecule has 0 aliphatic rings. The number of hydrogen-bond donors (Lipinski definition) is 3. The second-order valence-electron chi connectivity index (χ2n) is 3.85. The van der Waals surface area contributed by atoms with Crippen LogP contribution in [0.1, 0.15) is 6.92 Å². The molecule has 0 aliphatic heterocycles. The number of sulfonamides is 1. The van der Waals surface area contributed by atoms with Crippen LogP contribution >= 0.6 is 0 Å². The Labute approximate surface area is 118 Å². The first-order valence-corrected chi connectivity index (χ1v) is 6.86. The summed E-state index contributed by atoms with van der Waals surface area (Å²) in [7, 11) is -4.44. The first-order valence-electron chi connectivity index (χ1n) is 5.31.